The second-order valence-corrected chi connectivity index (χ2v) is 3.96. The molecule has 2 aromatic rings. The van der Waals surface area contributed by atoms with Gasteiger partial charge in [0.05, 0.1) is 0 Å². The number of hydrogen-bond acceptors (Lipinski definition) is 3. The number of halogens is 1. The van der Waals surface area contributed by atoms with Crippen molar-refractivity contribution in [2.24, 2.45) is 0 Å². The monoisotopic (exact) mass is 248 g/mol. The lowest BCUT2D eigenvalue weighted by atomic mass is 9.96. The molecule has 0 heterocycles. The number of hydrogen-bond donors (Lipinski definition) is 3. The maximum absolute atomic E-state index is 12.8. The van der Waals surface area contributed by atoms with Gasteiger partial charge < -0.3 is 15.3 Å². The molecule has 94 valence electrons. The second-order valence-electron chi connectivity index (χ2n) is 3.96. The Hall–Kier alpha value is -1.75. The van der Waals surface area contributed by atoms with Gasteiger partial charge in [-0.2, -0.15) is 0 Å². The predicted octanol–water partition coefficient (Wildman–Crippen LogP) is 1.89. The van der Waals surface area contributed by atoms with Crippen LogP contribution in [0.2, 0.25) is 0 Å². The molecule has 4 heteroatoms. The van der Waals surface area contributed by atoms with E-state index >= 15 is 0 Å². The Labute approximate surface area is 104 Å². The van der Waals surface area contributed by atoms with Gasteiger partial charge >= 0.3 is 0 Å². The smallest absolute Gasteiger partial charge is 0.178 e. The van der Waals surface area contributed by atoms with Crippen molar-refractivity contribution in [2.75, 3.05) is 0 Å². The Bertz CT molecular complexity index is 523. The maximum Gasteiger partial charge on any atom is 0.178 e. The van der Waals surface area contributed by atoms with Crippen LogP contribution in [0.3, 0.4) is 0 Å². The number of benzene rings is 2. The zero-order valence-corrected chi connectivity index (χ0v) is 9.49. The molecular weight excluding hydrogens is 235 g/mol. The molecule has 0 saturated heterocycles. The SMILES string of the molecule is OC(O)c1ccccc1C(O)c1ccc(F)cc1. The highest BCUT2D eigenvalue weighted by atomic mass is 19.1. The van der Waals surface area contributed by atoms with Crippen LogP contribution >= 0.6 is 0 Å². The predicted molar refractivity (Wildman–Crippen MR) is 64.1 cm³/mol. The minimum absolute atomic E-state index is 0.231. The van der Waals surface area contributed by atoms with Gasteiger partial charge in [0.2, 0.25) is 0 Å². The first-order chi connectivity index (χ1) is 8.59. The van der Waals surface area contributed by atoms with Crippen molar-refractivity contribution in [3.63, 3.8) is 0 Å². The third-order valence-electron chi connectivity index (χ3n) is 2.75. The Morgan fingerprint density at radius 1 is 0.778 bits per heavy atom. The first-order valence-electron chi connectivity index (χ1n) is 5.48. The largest absolute Gasteiger partial charge is 0.384 e. The molecule has 3 N–H and O–H groups in total. The number of aliphatic hydroxyl groups is 3. The Balaban J connectivity index is 2.39. The first kappa shape index (κ1) is 12.7. The Kier molecular flexibility index (Phi) is 3.72. The van der Waals surface area contributed by atoms with Crippen molar-refractivity contribution in [3.05, 3.63) is 71.0 Å². The van der Waals surface area contributed by atoms with Crippen LogP contribution in [-0.2, 0) is 0 Å². The molecule has 0 bridgehead atoms. The van der Waals surface area contributed by atoms with Gasteiger partial charge in [-0.3, -0.25) is 0 Å². The third-order valence-corrected chi connectivity index (χ3v) is 2.75. The van der Waals surface area contributed by atoms with Gasteiger partial charge in [-0.05, 0) is 23.3 Å². The van der Waals surface area contributed by atoms with Crippen LogP contribution in [0.15, 0.2) is 48.5 Å². The Morgan fingerprint density at radius 3 is 1.89 bits per heavy atom. The molecule has 2 aromatic carbocycles. The lowest BCUT2D eigenvalue weighted by Gasteiger charge is -2.16. The second kappa shape index (κ2) is 5.27. The van der Waals surface area contributed by atoms with E-state index in [0.717, 1.165) is 0 Å². The van der Waals surface area contributed by atoms with Gasteiger partial charge in [-0.25, -0.2) is 4.39 Å². The molecule has 1 atom stereocenters. The summed E-state index contributed by atoms with van der Waals surface area (Å²) in [5.41, 5.74) is 1.11. The van der Waals surface area contributed by atoms with E-state index in [9.17, 15) is 19.7 Å². The van der Waals surface area contributed by atoms with Gasteiger partial charge in [0.25, 0.3) is 0 Å². The molecule has 1 unspecified atom stereocenters. The van der Waals surface area contributed by atoms with Gasteiger partial charge in [-0.15, -0.1) is 0 Å². The molecule has 0 radical (unpaired) electrons. The molecule has 0 aliphatic carbocycles. The van der Waals surface area contributed by atoms with Crippen molar-refractivity contribution in [1.82, 2.24) is 0 Å². The van der Waals surface area contributed by atoms with Crippen LogP contribution in [0, 0.1) is 5.82 Å². The molecule has 3 nitrogen and oxygen atoms in total. The maximum atomic E-state index is 12.8. The number of rotatable bonds is 3. The molecule has 0 amide bonds. The van der Waals surface area contributed by atoms with Crippen LogP contribution < -0.4 is 0 Å². The van der Waals surface area contributed by atoms with Gasteiger partial charge in [-0.1, -0.05) is 36.4 Å². The lowest BCUT2D eigenvalue weighted by molar-refractivity contribution is -0.0441. The summed E-state index contributed by atoms with van der Waals surface area (Å²) in [6.07, 6.45) is -2.68. The highest BCUT2D eigenvalue weighted by molar-refractivity contribution is 5.36. The van der Waals surface area contributed by atoms with Crippen LogP contribution in [0.1, 0.15) is 29.1 Å². The standard InChI is InChI=1S/C14H13FO3/c15-10-7-5-9(6-8-10)13(16)11-3-1-2-4-12(11)14(17)18/h1-8,13-14,16-18H. The molecule has 0 saturated carbocycles. The van der Waals surface area contributed by atoms with E-state index in [4.69, 9.17) is 0 Å². The van der Waals surface area contributed by atoms with Crippen LogP contribution in [0.4, 0.5) is 4.39 Å². The normalized spacial score (nSPS) is 12.7. The zero-order chi connectivity index (χ0) is 13.1. The van der Waals surface area contributed by atoms with E-state index in [1.807, 2.05) is 0 Å². The highest BCUT2D eigenvalue weighted by Gasteiger charge is 2.17. The molecule has 0 aliphatic heterocycles. The van der Waals surface area contributed by atoms with Crippen molar-refractivity contribution in [2.45, 2.75) is 12.4 Å². The summed E-state index contributed by atoms with van der Waals surface area (Å²) in [6.45, 7) is 0. The average molecular weight is 248 g/mol. The van der Waals surface area contributed by atoms with Crippen molar-refractivity contribution < 1.29 is 19.7 Å². The zero-order valence-electron chi connectivity index (χ0n) is 9.49. The van der Waals surface area contributed by atoms with Gasteiger partial charge in [0.1, 0.15) is 11.9 Å². The average Bonchev–Trinajstić information content (AvgIpc) is 2.39. The van der Waals surface area contributed by atoms with E-state index in [-0.39, 0.29) is 11.4 Å². The molecule has 0 aromatic heterocycles. The fraction of sp³-hybridized carbons (Fsp3) is 0.143. The van der Waals surface area contributed by atoms with E-state index in [2.05, 4.69) is 0 Å². The fourth-order valence-corrected chi connectivity index (χ4v) is 1.82. The quantitative estimate of drug-likeness (QED) is 0.727. The number of aliphatic hydroxyl groups excluding tert-OH is 2. The summed E-state index contributed by atoms with van der Waals surface area (Å²) in [5, 5.41) is 28.6. The lowest BCUT2D eigenvalue weighted by Crippen LogP contribution is -2.07. The summed E-state index contributed by atoms with van der Waals surface area (Å²) in [4.78, 5) is 0. The van der Waals surface area contributed by atoms with Crippen LogP contribution in [0.5, 0.6) is 0 Å². The third kappa shape index (κ3) is 2.56. The van der Waals surface area contributed by atoms with E-state index in [0.29, 0.717) is 11.1 Å². The summed E-state index contributed by atoms with van der Waals surface area (Å²) in [6, 6.07) is 11.9. The fourth-order valence-electron chi connectivity index (χ4n) is 1.82. The molecular formula is C14H13FO3. The molecule has 2 rings (SSSR count). The summed E-state index contributed by atoms with van der Waals surface area (Å²) in [7, 11) is 0. The first-order valence-corrected chi connectivity index (χ1v) is 5.48. The molecule has 18 heavy (non-hydrogen) atoms. The van der Waals surface area contributed by atoms with Gasteiger partial charge in [0.15, 0.2) is 6.29 Å². The van der Waals surface area contributed by atoms with E-state index < -0.39 is 12.4 Å². The molecule has 0 spiro atoms. The van der Waals surface area contributed by atoms with E-state index in [1.165, 1.54) is 30.3 Å². The summed E-state index contributed by atoms with van der Waals surface area (Å²) < 4.78 is 12.8. The topological polar surface area (TPSA) is 60.7 Å². The minimum Gasteiger partial charge on any atom is -0.384 e. The van der Waals surface area contributed by atoms with Crippen molar-refractivity contribution in [3.8, 4) is 0 Å². The van der Waals surface area contributed by atoms with Crippen molar-refractivity contribution >= 4 is 0 Å². The summed E-state index contributed by atoms with van der Waals surface area (Å²) >= 11 is 0. The van der Waals surface area contributed by atoms with Crippen LogP contribution in [0.25, 0.3) is 0 Å². The van der Waals surface area contributed by atoms with Gasteiger partial charge in [0, 0.05) is 5.56 Å². The molecule has 0 aliphatic rings. The minimum atomic E-state index is -1.66. The summed E-state index contributed by atoms with van der Waals surface area (Å²) in [5.74, 6) is -0.388. The van der Waals surface area contributed by atoms with E-state index in [1.54, 1.807) is 18.2 Å². The Morgan fingerprint density at radius 2 is 1.33 bits per heavy atom. The molecule has 0 fully saturated rings. The van der Waals surface area contributed by atoms with Crippen LogP contribution in [-0.4, -0.2) is 15.3 Å². The highest BCUT2D eigenvalue weighted by Crippen LogP contribution is 2.27. The van der Waals surface area contributed by atoms with Crippen molar-refractivity contribution in [1.29, 1.82) is 0 Å².